The van der Waals surface area contributed by atoms with E-state index < -0.39 is 5.25 Å². The number of fused-ring (bicyclic) bond motifs is 3. The van der Waals surface area contributed by atoms with Gasteiger partial charge in [-0.05, 0) is 45.1 Å². The lowest BCUT2D eigenvalue weighted by Gasteiger charge is -2.10. The summed E-state index contributed by atoms with van der Waals surface area (Å²) in [5.74, 6) is -0.291. The molecule has 0 aromatic carbocycles. The molecule has 5 nitrogen and oxygen atoms in total. The molecule has 22 heavy (non-hydrogen) atoms. The van der Waals surface area contributed by atoms with E-state index in [1.54, 1.807) is 25.2 Å². The highest BCUT2D eigenvalue weighted by Crippen LogP contribution is 2.34. The van der Waals surface area contributed by atoms with Crippen molar-refractivity contribution in [2.75, 3.05) is 6.61 Å². The fourth-order valence-corrected chi connectivity index (χ4v) is 4.79. The van der Waals surface area contributed by atoms with Crippen LogP contribution in [-0.2, 0) is 22.4 Å². The van der Waals surface area contributed by atoms with Crippen molar-refractivity contribution in [3.05, 3.63) is 20.8 Å². The maximum absolute atomic E-state index is 12.4. The zero-order valence-corrected chi connectivity index (χ0v) is 14.2. The molecule has 2 aromatic rings. The molecule has 1 N–H and O–H groups in total. The summed E-state index contributed by atoms with van der Waals surface area (Å²) in [6.07, 6.45) is 4.32. The first-order valence-corrected chi connectivity index (χ1v) is 9.17. The summed E-state index contributed by atoms with van der Waals surface area (Å²) in [5.41, 5.74) is 1.08. The standard InChI is InChI=1S/C15H18N2O3S2/c1-3-20-14(19)8(2)21-15-16-12(18)11-9-6-4-5-7-10(9)22-13(11)17-15/h8H,3-7H2,1-2H3,(H,16,17,18)/t8-/m0/s1. The Bertz CT molecular complexity index is 766. The Kier molecular flexibility index (Phi) is 4.54. The van der Waals surface area contributed by atoms with Crippen molar-refractivity contribution >= 4 is 39.3 Å². The zero-order chi connectivity index (χ0) is 15.7. The molecule has 2 aromatic heterocycles. The SMILES string of the molecule is CCOC(=O)[C@H](C)Sc1nc2sc3c(c2c(=O)[nH]1)CCCC3. The molecule has 1 aliphatic rings. The minimum absolute atomic E-state index is 0.0945. The summed E-state index contributed by atoms with van der Waals surface area (Å²) < 4.78 is 4.98. The van der Waals surface area contributed by atoms with Crippen LogP contribution < -0.4 is 5.56 Å². The number of hydrogen-bond acceptors (Lipinski definition) is 6. The predicted molar refractivity (Wildman–Crippen MR) is 88.8 cm³/mol. The van der Waals surface area contributed by atoms with Crippen LogP contribution in [0, 0.1) is 0 Å². The van der Waals surface area contributed by atoms with Crippen LogP contribution in [0.15, 0.2) is 9.95 Å². The van der Waals surface area contributed by atoms with Gasteiger partial charge in [0.2, 0.25) is 0 Å². The predicted octanol–water partition coefficient (Wildman–Crippen LogP) is 2.91. The van der Waals surface area contributed by atoms with Crippen molar-refractivity contribution < 1.29 is 9.53 Å². The van der Waals surface area contributed by atoms with E-state index in [4.69, 9.17) is 4.74 Å². The summed E-state index contributed by atoms with van der Waals surface area (Å²) in [4.78, 5) is 33.5. The molecule has 7 heteroatoms. The molecular weight excluding hydrogens is 320 g/mol. The third kappa shape index (κ3) is 2.92. The van der Waals surface area contributed by atoms with Gasteiger partial charge < -0.3 is 9.72 Å². The molecule has 0 radical (unpaired) electrons. The Morgan fingerprint density at radius 2 is 2.23 bits per heavy atom. The van der Waals surface area contributed by atoms with Crippen LogP contribution in [0.4, 0.5) is 0 Å². The van der Waals surface area contributed by atoms with Crippen LogP contribution in [0.1, 0.15) is 37.1 Å². The zero-order valence-electron chi connectivity index (χ0n) is 12.6. The molecule has 0 bridgehead atoms. The van der Waals surface area contributed by atoms with E-state index in [1.807, 2.05) is 0 Å². The molecule has 3 rings (SSSR count). The Hall–Kier alpha value is -1.34. The molecule has 2 heterocycles. The molecule has 0 aliphatic heterocycles. The molecule has 0 saturated carbocycles. The third-order valence-electron chi connectivity index (χ3n) is 3.71. The number of thioether (sulfide) groups is 1. The molecule has 0 fully saturated rings. The summed E-state index contributed by atoms with van der Waals surface area (Å²) in [6.45, 7) is 3.88. The summed E-state index contributed by atoms with van der Waals surface area (Å²) in [6, 6.07) is 0. The minimum atomic E-state index is -0.393. The van der Waals surface area contributed by atoms with Gasteiger partial charge in [0, 0.05) is 4.88 Å². The van der Waals surface area contributed by atoms with Crippen molar-refractivity contribution in [3.63, 3.8) is 0 Å². The lowest BCUT2D eigenvalue weighted by molar-refractivity contribution is -0.142. The van der Waals surface area contributed by atoms with Gasteiger partial charge in [-0.3, -0.25) is 9.59 Å². The number of ether oxygens (including phenoxy) is 1. The fraction of sp³-hybridized carbons (Fsp3) is 0.533. The highest BCUT2D eigenvalue weighted by atomic mass is 32.2. The third-order valence-corrected chi connectivity index (χ3v) is 5.86. The van der Waals surface area contributed by atoms with Gasteiger partial charge in [0.1, 0.15) is 10.1 Å². The van der Waals surface area contributed by atoms with Gasteiger partial charge >= 0.3 is 5.97 Å². The number of carbonyl (C=O) groups is 1. The van der Waals surface area contributed by atoms with E-state index in [0.29, 0.717) is 11.8 Å². The van der Waals surface area contributed by atoms with Gasteiger partial charge in [-0.15, -0.1) is 11.3 Å². The first-order valence-electron chi connectivity index (χ1n) is 7.48. The maximum atomic E-state index is 12.4. The molecule has 1 atom stereocenters. The summed E-state index contributed by atoms with van der Waals surface area (Å²) in [5, 5.41) is 0.833. The van der Waals surface area contributed by atoms with E-state index in [-0.39, 0.29) is 11.5 Å². The van der Waals surface area contributed by atoms with Crippen molar-refractivity contribution in [3.8, 4) is 0 Å². The molecule has 0 amide bonds. The second-order valence-electron chi connectivity index (χ2n) is 5.27. The molecular formula is C15H18N2O3S2. The van der Waals surface area contributed by atoms with Crippen LogP contribution in [0.25, 0.3) is 10.2 Å². The number of nitrogens with zero attached hydrogens (tertiary/aromatic N) is 1. The van der Waals surface area contributed by atoms with Crippen LogP contribution in [-0.4, -0.2) is 27.8 Å². The largest absolute Gasteiger partial charge is 0.465 e. The molecule has 118 valence electrons. The van der Waals surface area contributed by atoms with E-state index in [1.165, 1.54) is 28.6 Å². The number of thiophene rings is 1. The monoisotopic (exact) mass is 338 g/mol. The van der Waals surface area contributed by atoms with Gasteiger partial charge in [0.15, 0.2) is 5.16 Å². The average Bonchev–Trinajstić information content (AvgIpc) is 2.85. The van der Waals surface area contributed by atoms with Crippen molar-refractivity contribution in [1.29, 1.82) is 0 Å². The van der Waals surface area contributed by atoms with E-state index in [9.17, 15) is 9.59 Å². The number of rotatable bonds is 4. The van der Waals surface area contributed by atoms with Gasteiger partial charge in [-0.1, -0.05) is 11.8 Å². The quantitative estimate of drug-likeness (QED) is 0.527. The minimum Gasteiger partial charge on any atom is -0.465 e. The Morgan fingerprint density at radius 1 is 1.45 bits per heavy atom. The topological polar surface area (TPSA) is 72.0 Å². The number of nitrogens with one attached hydrogen (secondary N) is 1. The molecule has 0 spiro atoms. The number of H-pyrrole nitrogens is 1. The van der Waals surface area contributed by atoms with E-state index in [2.05, 4.69) is 9.97 Å². The smallest absolute Gasteiger partial charge is 0.319 e. The lowest BCUT2D eigenvalue weighted by atomic mass is 9.97. The Labute approximate surface area is 136 Å². The molecule has 0 saturated heterocycles. The van der Waals surface area contributed by atoms with Crippen molar-refractivity contribution in [2.45, 2.75) is 49.9 Å². The average molecular weight is 338 g/mol. The number of aromatic amines is 1. The Morgan fingerprint density at radius 3 is 3.00 bits per heavy atom. The van der Waals surface area contributed by atoms with Crippen LogP contribution in [0.5, 0.6) is 0 Å². The fourth-order valence-electron chi connectivity index (χ4n) is 2.68. The van der Waals surface area contributed by atoms with Crippen LogP contribution in [0.2, 0.25) is 0 Å². The maximum Gasteiger partial charge on any atom is 0.319 e. The first kappa shape index (κ1) is 15.6. The second-order valence-corrected chi connectivity index (χ2v) is 7.69. The van der Waals surface area contributed by atoms with Crippen molar-refractivity contribution in [2.24, 2.45) is 0 Å². The van der Waals surface area contributed by atoms with Gasteiger partial charge in [0.05, 0.1) is 12.0 Å². The van der Waals surface area contributed by atoms with Crippen LogP contribution in [0.3, 0.4) is 0 Å². The van der Waals surface area contributed by atoms with Gasteiger partial charge in [0.25, 0.3) is 5.56 Å². The van der Waals surface area contributed by atoms with Crippen molar-refractivity contribution in [1.82, 2.24) is 9.97 Å². The van der Waals surface area contributed by atoms with Gasteiger partial charge in [-0.2, -0.15) is 0 Å². The molecule has 0 unspecified atom stereocenters. The first-order chi connectivity index (χ1) is 10.6. The normalized spacial score (nSPS) is 15.5. The Balaban J connectivity index is 1.93. The lowest BCUT2D eigenvalue weighted by Crippen LogP contribution is -2.18. The highest BCUT2D eigenvalue weighted by Gasteiger charge is 2.22. The molecule has 1 aliphatic carbocycles. The van der Waals surface area contributed by atoms with Gasteiger partial charge in [-0.25, -0.2) is 4.98 Å². The van der Waals surface area contributed by atoms with Crippen LogP contribution >= 0.6 is 23.1 Å². The number of aryl methyl sites for hydroxylation is 2. The second kappa shape index (κ2) is 6.42. The highest BCUT2D eigenvalue weighted by molar-refractivity contribution is 8.00. The number of esters is 1. The summed E-state index contributed by atoms with van der Waals surface area (Å²) in [7, 11) is 0. The van der Waals surface area contributed by atoms with E-state index >= 15 is 0 Å². The van der Waals surface area contributed by atoms with E-state index in [0.717, 1.165) is 29.5 Å². The number of carbonyl (C=O) groups excluding carboxylic acids is 1. The number of aromatic nitrogens is 2. The number of hydrogen-bond donors (Lipinski definition) is 1. The summed E-state index contributed by atoms with van der Waals surface area (Å²) >= 11 is 2.85.